The molecule has 0 radical (unpaired) electrons. The highest BCUT2D eigenvalue weighted by Gasteiger charge is 2.23. The first-order chi connectivity index (χ1) is 14.0. The molecule has 0 aliphatic carbocycles. The van der Waals surface area contributed by atoms with E-state index >= 15 is 0 Å². The van der Waals surface area contributed by atoms with E-state index in [2.05, 4.69) is 10.2 Å². The maximum Gasteiger partial charge on any atom is 0.274 e. The minimum Gasteiger partial charge on any atom is -0.493 e. The van der Waals surface area contributed by atoms with Crippen LogP contribution in [-0.4, -0.2) is 64.6 Å². The van der Waals surface area contributed by atoms with Gasteiger partial charge in [-0.25, -0.2) is 5.10 Å². The number of carbonyl (C=O) groups is 2. The topological polar surface area (TPSA) is 95.6 Å². The zero-order valence-electron chi connectivity index (χ0n) is 16.6. The van der Waals surface area contributed by atoms with Crippen LogP contribution in [0.4, 0.5) is 0 Å². The number of aromatic amines is 1. The molecule has 1 aromatic carbocycles. The lowest BCUT2D eigenvalue weighted by Gasteiger charge is -2.22. The maximum absolute atomic E-state index is 12.5. The molecule has 3 rings (SSSR count). The summed E-state index contributed by atoms with van der Waals surface area (Å²) >= 11 is 0. The van der Waals surface area contributed by atoms with Gasteiger partial charge in [0, 0.05) is 38.7 Å². The Morgan fingerprint density at radius 2 is 1.83 bits per heavy atom. The van der Waals surface area contributed by atoms with E-state index in [1.807, 2.05) is 31.2 Å². The van der Waals surface area contributed by atoms with Crippen molar-refractivity contribution in [2.24, 2.45) is 0 Å². The summed E-state index contributed by atoms with van der Waals surface area (Å²) in [5, 5.41) is 6.07. The number of ether oxygens (including phenoxy) is 1. The summed E-state index contributed by atoms with van der Waals surface area (Å²) in [5.74, 6) is 0.691. The number of rotatable bonds is 6. The zero-order chi connectivity index (χ0) is 20.6. The van der Waals surface area contributed by atoms with Gasteiger partial charge in [-0.2, -0.15) is 5.10 Å². The Morgan fingerprint density at radius 3 is 2.59 bits per heavy atom. The molecular formula is C21H26N4O4. The first kappa shape index (κ1) is 20.6. The van der Waals surface area contributed by atoms with Gasteiger partial charge in [0.1, 0.15) is 11.4 Å². The van der Waals surface area contributed by atoms with Gasteiger partial charge in [0.2, 0.25) is 5.91 Å². The van der Waals surface area contributed by atoms with Crippen molar-refractivity contribution in [3.8, 4) is 5.75 Å². The first-order valence-corrected chi connectivity index (χ1v) is 9.86. The van der Waals surface area contributed by atoms with E-state index in [1.165, 1.54) is 12.1 Å². The number of nitrogens with one attached hydrogen (secondary N) is 1. The smallest absolute Gasteiger partial charge is 0.274 e. The number of nitrogens with zero attached hydrogens (tertiary/aromatic N) is 3. The van der Waals surface area contributed by atoms with E-state index in [0.29, 0.717) is 52.0 Å². The zero-order valence-corrected chi connectivity index (χ0v) is 16.6. The van der Waals surface area contributed by atoms with Gasteiger partial charge in [-0.3, -0.25) is 14.4 Å². The molecule has 1 aromatic heterocycles. The van der Waals surface area contributed by atoms with Gasteiger partial charge in [0.25, 0.3) is 11.5 Å². The van der Waals surface area contributed by atoms with Crippen molar-refractivity contribution in [3.05, 3.63) is 58.0 Å². The minimum absolute atomic E-state index is 0.0786. The fourth-order valence-electron chi connectivity index (χ4n) is 3.28. The molecule has 154 valence electrons. The monoisotopic (exact) mass is 398 g/mol. The molecule has 8 heteroatoms. The molecule has 0 saturated carbocycles. The number of aryl methyl sites for hydroxylation is 1. The van der Waals surface area contributed by atoms with Gasteiger partial charge in [0.05, 0.1) is 6.61 Å². The Balaban J connectivity index is 1.44. The van der Waals surface area contributed by atoms with Gasteiger partial charge < -0.3 is 14.5 Å². The Hall–Kier alpha value is -3.16. The average molecular weight is 398 g/mol. The molecule has 1 saturated heterocycles. The Bertz CT molecular complexity index is 891. The number of hydrogen-bond acceptors (Lipinski definition) is 5. The predicted molar refractivity (Wildman–Crippen MR) is 108 cm³/mol. The van der Waals surface area contributed by atoms with E-state index < -0.39 is 0 Å². The van der Waals surface area contributed by atoms with E-state index in [4.69, 9.17) is 4.74 Å². The van der Waals surface area contributed by atoms with Crippen LogP contribution in [0.15, 0.2) is 41.2 Å². The molecule has 2 heterocycles. The molecule has 2 aromatic rings. The summed E-state index contributed by atoms with van der Waals surface area (Å²) in [6.07, 6.45) is 1.77. The van der Waals surface area contributed by atoms with Crippen LogP contribution in [0, 0.1) is 6.92 Å². The molecule has 0 unspecified atom stereocenters. The molecule has 2 amide bonds. The van der Waals surface area contributed by atoms with Crippen LogP contribution in [0.25, 0.3) is 0 Å². The Kier molecular flexibility index (Phi) is 6.99. The van der Waals surface area contributed by atoms with Crippen molar-refractivity contribution < 1.29 is 14.3 Å². The van der Waals surface area contributed by atoms with E-state index in [-0.39, 0.29) is 23.1 Å². The van der Waals surface area contributed by atoms with Crippen LogP contribution >= 0.6 is 0 Å². The number of carbonyl (C=O) groups excluding carboxylic acids is 2. The predicted octanol–water partition coefficient (Wildman–Crippen LogP) is 1.61. The summed E-state index contributed by atoms with van der Waals surface area (Å²) in [5.41, 5.74) is 0.936. The van der Waals surface area contributed by atoms with E-state index in [9.17, 15) is 14.4 Å². The standard InChI is InChI=1S/C21H26N4O4/c1-16-6-2-3-7-18(16)29-15-4-8-20(27)24-11-5-12-25(14-13-24)21(28)17-9-10-19(26)23-22-17/h2-3,6-7,9-10H,4-5,8,11-15H2,1H3,(H,23,26). The third kappa shape index (κ3) is 5.66. The van der Waals surface area contributed by atoms with E-state index in [1.54, 1.807) is 9.80 Å². The third-order valence-electron chi connectivity index (χ3n) is 4.92. The molecule has 1 aliphatic heterocycles. The van der Waals surface area contributed by atoms with Crippen molar-refractivity contribution in [3.63, 3.8) is 0 Å². The van der Waals surface area contributed by atoms with Crippen LogP contribution in [0.2, 0.25) is 0 Å². The number of benzene rings is 1. The number of hydrogen-bond donors (Lipinski definition) is 1. The quantitative estimate of drug-likeness (QED) is 0.746. The average Bonchev–Trinajstić information content (AvgIpc) is 2.99. The lowest BCUT2D eigenvalue weighted by Crippen LogP contribution is -2.37. The fourth-order valence-corrected chi connectivity index (χ4v) is 3.28. The highest BCUT2D eigenvalue weighted by molar-refractivity contribution is 5.92. The largest absolute Gasteiger partial charge is 0.493 e. The van der Waals surface area contributed by atoms with Crippen LogP contribution in [-0.2, 0) is 4.79 Å². The van der Waals surface area contributed by atoms with Crippen molar-refractivity contribution >= 4 is 11.8 Å². The van der Waals surface area contributed by atoms with Crippen LogP contribution in [0.3, 0.4) is 0 Å². The fraction of sp³-hybridized carbons (Fsp3) is 0.429. The van der Waals surface area contributed by atoms with Crippen molar-refractivity contribution in [1.29, 1.82) is 0 Å². The first-order valence-electron chi connectivity index (χ1n) is 9.86. The van der Waals surface area contributed by atoms with Crippen molar-refractivity contribution in [2.45, 2.75) is 26.2 Å². The molecule has 0 atom stereocenters. The molecule has 0 bridgehead atoms. The number of amides is 2. The van der Waals surface area contributed by atoms with Crippen LogP contribution < -0.4 is 10.3 Å². The van der Waals surface area contributed by atoms with Gasteiger partial charge in [-0.1, -0.05) is 18.2 Å². The van der Waals surface area contributed by atoms with E-state index in [0.717, 1.165) is 11.3 Å². The summed E-state index contributed by atoms with van der Waals surface area (Å²) in [6.45, 7) is 4.61. The third-order valence-corrected chi connectivity index (χ3v) is 4.92. The lowest BCUT2D eigenvalue weighted by molar-refractivity contribution is -0.131. The summed E-state index contributed by atoms with van der Waals surface area (Å²) < 4.78 is 5.75. The Labute approximate surface area is 169 Å². The Morgan fingerprint density at radius 1 is 1.07 bits per heavy atom. The van der Waals surface area contributed by atoms with Crippen LogP contribution in [0.1, 0.15) is 35.3 Å². The SMILES string of the molecule is Cc1ccccc1OCCCC(=O)N1CCCN(C(=O)c2ccc(=O)[nH]n2)CC1. The van der Waals surface area contributed by atoms with Gasteiger partial charge in [-0.05, 0) is 37.5 Å². The highest BCUT2D eigenvalue weighted by atomic mass is 16.5. The molecule has 8 nitrogen and oxygen atoms in total. The number of aromatic nitrogens is 2. The van der Waals surface area contributed by atoms with Crippen molar-refractivity contribution in [2.75, 3.05) is 32.8 Å². The molecule has 1 aliphatic rings. The molecule has 0 spiro atoms. The highest BCUT2D eigenvalue weighted by Crippen LogP contribution is 2.16. The summed E-state index contributed by atoms with van der Waals surface area (Å²) in [6, 6.07) is 10.5. The van der Waals surface area contributed by atoms with Gasteiger partial charge >= 0.3 is 0 Å². The summed E-state index contributed by atoms with van der Waals surface area (Å²) in [4.78, 5) is 39.6. The molecule has 29 heavy (non-hydrogen) atoms. The molecule has 1 N–H and O–H groups in total. The van der Waals surface area contributed by atoms with Gasteiger partial charge in [-0.15, -0.1) is 0 Å². The second kappa shape index (κ2) is 9.86. The maximum atomic E-state index is 12.5. The van der Waals surface area contributed by atoms with Gasteiger partial charge in [0.15, 0.2) is 0 Å². The number of H-pyrrole nitrogens is 1. The molecular weight excluding hydrogens is 372 g/mol. The van der Waals surface area contributed by atoms with Crippen molar-refractivity contribution in [1.82, 2.24) is 20.0 Å². The second-order valence-corrected chi connectivity index (χ2v) is 7.05. The molecule has 1 fully saturated rings. The normalized spacial score (nSPS) is 14.4. The number of para-hydroxylation sites is 1. The summed E-state index contributed by atoms with van der Waals surface area (Å²) in [7, 11) is 0. The van der Waals surface area contributed by atoms with Crippen LogP contribution in [0.5, 0.6) is 5.75 Å². The lowest BCUT2D eigenvalue weighted by atomic mass is 10.2. The minimum atomic E-state index is -0.347. The second-order valence-electron chi connectivity index (χ2n) is 7.05.